The van der Waals surface area contributed by atoms with Gasteiger partial charge < -0.3 is 14.8 Å². The van der Waals surface area contributed by atoms with Gasteiger partial charge in [0.15, 0.2) is 11.5 Å². The number of hydrogen-bond donors (Lipinski definition) is 1. The van der Waals surface area contributed by atoms with Crippen molar-refractivity contribution >= 4 is 17.3 Å². The van der Waals surface area contributed by atoms with E-state index in [0.717, 1.165) is 33.9 Å². The van der Waals surface area contributed by atoms with Crippen LogP contribution in [0.4, 0.5) is 5.69 Å². The van der Waals surface area contributed by atoms with Gasteiger partial charge >= 0.3 is 0 Å². The normalized spacial score (nSPS) is 10.4. The molecular formula is C25H26ClNO2. The van der Waals surface area contributed by atoms with Crippen LogP contribution in [0.3, 0.4) is 0 Å². The third-order valence-electron chi connectivity index (χ3n) is 4.46. The van der Waals surface area contributed by atoms with Crippen molar-refractivity contribution in [1.82, 2.24) is 0 Å². The maximum absolute atomic E-state index is 6.28. The van der Waals surface area contributed by atoms with E-state index in [-0.39, 0.29) is 0 Å². The molecule has 3 aromatic carbocycles. The van der Waals surface area contributed by atoms with Crippen LogP contribution in [0.25, 0.3) is 0 Å². The molecule has 0 aliphatic rings. The molecular weight excluding hydrogens is 382 g/mol. The maximum Gasteiger partial charge on any atom is 0.165 e. The van der Waals surface area contributed by atoms with Crippen molar-refractivity contribution in [3.8, 4) is 11.5 Å². The summed E-state index contributed by atoms with van der Waals surface area (Å²) in [4.78, 5) is 0. The van der Waals surface area contributed by atoms with E-state index >= 15 is 0 Å². The minimum Gasteiger partial charge on any atom is -0.490 e. The Bertz CT molecular complexity index is 941. The van der Waals surface area contributed by atoms with Gasteiger partial charge in [-0.3, -0.25) is 0 Å². The van der Waals surface area contributed by atoms with Crippen molar-refractivity contribution in [3.63, 3.8) is 0 Å². The molecule has 0 aliphatic heterocycles. The number of ether oxygens (including phenoxy) is 2. The fraction of sp³-hybridized carbons (Fsp3) is 0.200. The summed E-state index contributed by atoms with van der Waals surface area (Å²) in [5, 5.41) is 4.14. The quantitative estimate of drug-likeness (QED) is 0.381. The third kappa shape index (κ3) is 5.78. The molecule has 4 heteroatoms. The number of para-hydroxylation sites is 1. The Morgan fingerprint density at radius 3 is 2.45 bits per heavy atom. The van der Waals surface area contributed by atoms with Gasteiger partial charge in [0, 0.05) is 28.4 Å². The van der Waals surface area contributed by atoms with E-state index in [1.807, 2.05) is 61.5 Å². The van der Waals surface area contributed by atoms with Crippen LogP contribution in [0, 0.1) is 0 Å². The molecule has 0 heterocycles. The number of anilines is 1. The SMILES string of the molecule is C=CCc1cc(CNc2ccccc2)cc(OCC)c1OCc1ccccc1Cl. The first-order chi connectivity index (χ1) is 14.2. The Morgan fingerprint density at radius 1 is 0.966 bits per heavy atom. The van der Waals surface area contributed by atoms with E-state index in [4.69, 9.17) is 21.1 Å². The average Bonchev–Trinajstić information content (AvgIpc) is 2.74. The lowest BCUT2D eigenvalue weighted by atomic mass is 10.0. The van der Waals surface area contributed by atoms with Gasteiger partial charge in [0.05, 0.1) is 6.61 Å². The summed E-state index contributed by atoms with van der Waals surface area (Å²) in [6.07, 6.45) is 2.57. The minimum absolute atomic E-state index is 0.380. The predicted octanol–water partition coefficient (Wildman–Crippen LogP) is 6.66. The zero-order valence-electron chi connectivity index (χ0n) is 16.7. The molecule has 0 radical (unpaired) electrons. The highest BCUT2D eigenvalue weighted by molar-refractivity contribution is 6.31. The molecule has 0 spiro atoms. The zero-order chi connectivity index (χ0) is 20.5. The maximum atomic E-state index is 6.28. The molecule has 0 saturated carbocycles. The first-order valence-electron chi connectivity index (χ1n) is 9.76. The number of benzene rings is 3. The van der Waals surface area contributed by atoms with Crippen molar-refractivity contribution in [2.45, 2.75) is 26.5 Å². The van der Waals surface area contributed by atoms with E-state index in [0.29, 0.717) is 31.2 Å². The molecule has 3 nitrogen and oxygen atoms in total. The Balaban J connectivity index is 1.85. The second-order valence-corrected chi connectivity index (χ2v) is 7.01. The fourth-order valence-corrected chi connectivity index (χ4v) is 3.27. The van der Waals surface area contributed by atoms with Gasteiger partial charge in [0.25, 0.3) is 0 Å². The van der Waals surface area contributed by atoms with Crippen LogP contribution >= 0.6 is 11.6 Å². The van der Waals surface area contributed by atoms with Crippen molar-refractivity contribution in [2.24, 2.45) is 0 Å². The van der Waals surface area contributed by atoms with Crippen LogP contribution in [0.5, 0.6) is 11.5 Å². The highest BCUT2D eigenvalue weighted by atomic mass is 35.5. The summed E-state index contributed by atoms with van der Waals surface area (Å²) in [6, 6.07) is 22.0. The molecule has 3 rings (SSSR count). The first-order valence-corrected chi connectivity index (χ1v) is 10.1. The number of halogens is 1. The van der Waals surface area contributed by atoms with Crippen LogP contribution < -0.4 is 14.8 Å². The number of allylic oxidation sites excluding steroid dienone is 1. The molecule has 0 aliphatic carbocycles. The average molecular weight is 408 g/mol. The van der Waals surface area contributed by atoms with Crippen molar-refractivity contribution in [2.75, 3.05) is 11.9 Å². The Hall–Kier alpha value is -2.91. The van der Waals surface area contributed by atoms with Crippen LogP contribution in [-0.2, 0) is 19.6 Å². The van der Waals surface area contributed by atoms with E-state index < -0.39 is 0 Å². The molecule has 0 atom stereocenters. The number of hydrogen-bond acceptors (Lipinski definition) is 3. The van der Waals surface area contributed by atoms with Gasteiger partial charge in [-0.1, -0.05) is 54.1 Å². The smallest absolute Gasteiger partial charge is 0.165 e. The van der Waals surface area contributed by atoms with E-state index in [1.54, 1.807) is 0 Å². The predicted molar refractivity (Wildman–Crippen MR) is 121 cm³/mol. The standard InChI is InChI=1S/C25H26ClNO2/c1-3-10-20-15-19(17-27-22-12-6-5-7-13-22)16-24(28-4-2)25(20)29-18-21-11-8-9-14-23(21)26/h3,5-9,11-16,27H,1,4,10,17-18H2,2H3. The van der Waals surface area contributed by atoms with Gasteiger partial charge in [-0.2, -0.15) is 0 Å². The largest absolute Gasteiger partial charge is 0.490 e. The van der Waals surface area contributed by atoms with Crippen molar-refractivity contribution in [1.29, 1.82) is 0 Å². The lowest BCUT2D eigenvalue weighted by Crippen LogP contribution is -2.06. The van der Waals surface area contributed by atoms with E-state index in [2.05, 4.69) is 30.1 Å². The molecule has 150 valence electrons. The monoisotopic (exact) mass is 407 g/mol. The Labute approximate surface area is 177 Å². The summed E-state index contributed by atoms with van der Waals surface area (Å²) in [5.41, 5.74) is 4.19. The van der Waals surface area contributed by atoms with Gasteiger partial charge in [-0.15, -0.1) is 6.58 Å². The molecule has 0 aromatic heterocycles. The number of rotatable bonds is 10. The summed E-state index contributed by atoms with van der Waals surface area (Å²) >= 11 is 6.28. The molecule has 1 N–H and O–H groups in total. The van der Waals surface area contributed by atoms with Gasteiger partial charge in [-0.05, 0) is 49.2 Å². The Morgan fingerprint density at radius 2 is 1.72 bits per heavy atom. The molecule has 0 amide bonds. The highest BCUT2D eigenvalue weighted by Crippen LogP contribution is 2.35. The van der Waals surface area contributed by atoms with Crippen molar-refractivity contribution < 1.29 is 9.47 Å². The molecule has 29 heavy (non-hydrogen) atoms. The van der Waals surface area contributed by atoms with Crippen LogP contribution in [0.2, 0.25) is 5.02 Å². The number of nitrogens with one attached hydrogen (secondary N) is 1. The summed E-state index contributed by atoms with van der Waals surface area (Å²) in [5.74, 6) is 1.49. The van der Waals surface area contributed by atoms with Crippen LogP contribution in [-0.4, -0.2) is 6.61 Å². The highest BCUT2D eigenvalue weighted by Gasteiger charge is 2.14. The topological polar surface area (TPSA) is 30.5 Å². The first kappa shape index (κ1) is 20.8. The molecule has 3 aromatic rings. The molecule has 0 saturated heterocycles. The second-order valence-electron chi connectivity index (χ2n) is 6.61. The summed E-state index contributed by atoms with van der Waals surface area (Å²) in [6.45, 7) is 7.50. The van der Waals surface area contributed by atoms with Gasteiger partial charge in [-0.25, -0.2) is 0 Å². The third-order valence-corrected chi connectivity index (χ3v) is 4.82. The second kappa shape index (κ2) is 10.6. The Kier molecular flexibility index (Phi) is 7.60. The van der Waals surface area contributed by atoms with Crippen molar-refractivity contribution in [3.05, 3.63) is 101 Å². The molecule has 0 bridgehead atoms. The van der Waals surface area contributed by atoms with Gasteiger partial charge in [0.2, 0.25) is 0 Å². The van der Waals surface area contributed by atoms with E-state index in [9.17, 15) is 0 Å². The summed E-state index contributed by atoms with van der Waals surface area (Å²) < 4.78 is 12.1. The lowest BCUT2D eigenvalue weighted by molar-refractivity contribution is 0.267. The van der Waals surface area contributed by atoms with Gasteiger partial charge in [0.1, 0.15) is 6.61 Å². The van der Waals surface area contributed by atoms with Crippen LogP contribution in [0.1, 0.15) is 23.6 Å². The zero-order valence-corrected chi connectivity index (χ0v) is 17.4. The fourth-order valence-electron chi connectivity index (χ4n) is 3.08. The summed E-state index contributed by atoms with van der Waals surface area (Å²) in [7, 11) is 0. The molecule has 0 unspecified atom stereocenters. The minimum atomic E-state index is 0.380. The molecule has 0 fully saturated rings. The lowest BCUT2D eigenvalue weighted by Gasteiger charge is -2.18. The van der Waals surface area contributed by atoms with E-state index in [1.165, 1.54) is 0 Å². The van der Waals surface area contributed by atoms with Crippen LogP contribution in [0.15, 0.2) is 79.4 Å².